The second-order valence-corrected chi connectivity index (χ2v) is 7.68. The zero-order chi connectivity index (χ0) is 16.6. The predicted molar refractivity (Wildman–Crippen MR) is 85.5 cm³/mol. The fourth-order valence-corrected chi connectivity index (χ4v) is 3.44. The molecule has 0 spiro atoms. The van der Waals surface area contributed by atoms with Crippen molar-refractivity contribution in [2.45, 2.75) is 84.0 Å². The molecule has 2 aliphatic rings. The summed E-state index contributed by atoms with van der Waals surface area (Å²) in [5.41, 5.74) is -0.489. The van der Waals surface area contributed by atoms with Crippen molar-refractivity contribution in [2.75, 3.05) is 6.61 Å². The number of carbonyl (C=O) groups excluding carboxylic acids is 1. The minimum absolute atomic E-state index is 0.0387. The topological polar surface area (TPSA) is 59.1 Å². The van der Waals surface area contributed by atoms with Crippen LogP contribution in [-0.4, -0.2) is 35.0 Å². The van der Waals surface area contributed by atoms with E-state index in [1.807, 2.05) is 0 Å². The molecule has 0 aromatic heterocycles. The van der Waals surface area contributed by atoms with Gasteiger partial charge in [-0.15, -0.1) is 0 Å². The highest BCUT2D eigenvalue weighted by Gasteiger charge is 2.52. The number of esters is 1. The van der Waals surface area contributed by atoms with E-state index >= 15 is 0 Å². The molecule has 0 amide bonds. The van der Waals surface area contributed by atoms with Crippen LogP contribution in [-0.2, 0) is 14.3 Å². The zero-order valence-corrected chi connectivity index (χ0v) is 14.6. The molecule has 2 unspecified atom stereocenters. The highest BCUT2D eigenvalue weighted by Crippen LogP contribution is 2.46. The summed E-state index contributed by atoms with van der Waals surface area (Å²) >= 11 is 0. The number of aliphatic hydroxyl groups is 1. The van der Waals surface area contributed by atoms with E-state index in [9.17, 15) is 9.90 Å². The number of allylic oxidation sites excluding steroid dienone is 2. The number of epoxide rings is 1. The molecule has 0 aromatic carbocycles. The lowest BCUT2D eigenvalue weighted by Gasteiger charge is -2.43. The van der Waals surface area contributed by atoms with Gasteiger partial charge in [-0.3, -0.25) is 4.79 Å². The van der Waals surface area contributed by atoms with Crippen molar-refractivity contribution in [3.63, 3.8) is 0 Å². The second-order valence-electron chi connectivity index (χ2n) is 7.68. The highest BCUT2D eigenvalue weighted by molar-refractivity contribution is 5.79. The fourth-order valence-electron chi connectivity index (χ4n) is 3.44. The van der Waals surface area contributed by atoms with Crippen molar-refractivity contribution in [2.24, 2.45) is 5.41 Å². The lowest BCUT2D eigenvalue weighted by molar-refractivity contribution is -0.173. The van der Waals surface area contributed by atoms with Gasteiger partial charge in [-0.05, 0) is 66.7 Å². The Morgan fingerprint density at radius 1 is 1.50 bits per heavy atom. The highest BCUT2D eigenvalue weighted by atomic mass is 16.6. The summed E-state index contributed by atoms with van der Waals surface area (Å²) in [4.78, 5) is 12.4. The van der Waals surface area contributed by atoms with E-state index in [4.69, 9.17) is 9.47 Å². The molecule has 2 rings (SSSR count). The van der Waals surface area contributed by atoms with Gasteiger partial charge in [0.2, 0.25) is 0 Å². The third-order valence-electron chi connectivity index (χ3n) is 5.34. The Kier molecular flexibility index (Phi) is 4.74. The molecule has 4 heteroatoms. The van der Waals surface area contributed by atoms with E-state index in [-0.39, 0.29) is 11.6 Å². The summed E-state index contributed by atoms with van der Waals surface area (Å²) in [5, 5.41) is 10.5. The van der Waals surface area contributed by atoms with Gasteiger partial charge in [0, 0.05) is 0 Å². The molecule has 0 saturated carbocycles. The first-order valence-electron chi connectivity index (χ1n) is 8.38. The molecule has 1 fully saturated rings. The van der Waals surface area contributed by atoms with Crippen LogP contribution < -0.4 is 0 Å². The van der Waals surface area contributed by atoms with Crippen LogP contribution in [0.1, 0.15) is 66.7 Å². The normalized spacial score (nSPS) is 30.6. The SMILES string of the molecule is CCOC(=O)C1(C(C)(C)O)CC=C(CCC2OC2(C)C)CC1. The van der Waals surface area contributed by atoms with E-state index < -0.39 is 11.0 Å². The van der Waals surface area contributed by atoms with Gasteiger partial charge in [-0.25, -0.2) is 0 Å². The summed E-state index contributed by atoms with van der Waals surface area (Å²) in [7, 11) is 0. The van der Waals surface area contributed by atoms with Crippen molar-refractivity contribution in [1.82, 2.24) is 0 Å². The maximum atomic E-state index is 12.4. The first-order valence-corrected chi connectivity index (χ1v) is 8.38. The minimum Gasteiger partial charge on any atom is -0.465 e. The molecular weight excluding hydrogens is 280 g/mol. The molecule has 4 nitrogen and oxygen atoms in total. The van der Waals surface area contributed by atoms with E-state index in [2.05, 4.69) is 19.9 Å². The largest absolute Gasteiger partial charge is 0.465 e. The quantitative estimate of drug-likeness (QED) is 0.464. The Morgan fingerprint density at radius 3 is 2.55 bits per heavy atom. The van der Waals surface area contributed by atoms with Crippen molar-refractivity contribution in [3.8, 4) is 0 Å². The molecule has 0 aromatic rings. The van der Waals surface area contributed by atoms with Crippen LogP contribution in [0, 0.1) is 5.41 Å². The van der Waals surface area contributed by atoms with Crippen molar-refractivity contribution < 1.29 is 19.4 Å². The first kappa shape index (κ1) is 17.5. The first-order chi connectivity index (χ1) is 10.1. The molecule has 0 radical (unpaired) electrons. The average molecular weight is 310 g/mol. The molecule has 1 heterocycles. The van der Waals surface area contributed by atoms with Crippen LogP contribution in [0.25, 0.3) is 0 Å². The lowest BCUT2D eigenvalue weighted by Crippen LogP contribution is -2.51. The summed E-state index contributed by atoms with van der Waals surface area (Å²) < 4.78 is 10.9. The third kappa shape index (κ3) is 3.38. The molecule has 0 bridgehead atoms. The van der Waals surface area contributed by atoms with Gasteiger partial charge >= 0.3 is 5.97 Å². The monoisotopic (exact) mass is 310 g/mol. The summed E-state index contributed by atoms with van der Waals surface area (Å²) in [6.07, 6.45) is 6.59. The number of carbonyl (C=O) groups is 1. The maximum absolute atomic E-state index is 12.4. The Hall–Kier alpha value is -0.870. The standard InChI is InChI=1S/C18H30O4/c1-6-21-15(19)18(17(4,5)20)11-9-13(10-12-18)7-8-14-16(2,3)22-14/h9,14,20H,6-8,10-12H2,1-5H3. The summed E-state index contributed by atoms with van der Waals surface area (Å²) in [5.74, 6) is -0.274. The maximum Gasteiger partial charge on any atom is 0.315 e. The Morgan fingerprint density at radius 2 is 2.14 bits per heavy atom. The lowest BCUT2D eigenvalue weighted by atomic mass is 9.65. The molecule has 1 aliphatic heterocycles. The molecule has 1 N–H and O–H groups in total. The number of hydrogen-bond acceptors (Lipinski definition) is 4. The molecule has 1 aliphatic carbocycles. The van der Waals surface area contributed by atoms with Crippen LogP contribution in [0.5, 0.6) is 0 Å². The number of hydrogen-bond donors (Lipinski definition) is 1. The third-order valence-corrected chi connectivity index (χ3v) is 5.34. The van der Waals surface area contributed by atoms with Crippen molar-refractivity contribution >= 4 is 5.97 Å². The van der Waals surface area contributed by atoms with E-state index in [0.717, 1.165) is 19.3 Å². The minimum atomic E-state index is -1.08. The Bertz CT molecular complexity index is 458. The molecule has 2 atom stereocenters. The van der Waals surface area contributed by atoms with Crippen molar-refractivity contribution in [3.05, 3.63) is 11.6 Å². The Balaban J connectivity index is 2.00. The van der Waals surface area contributed by atoms with Crippen LogP contribution in [0.4, 0.5) is 0 Å². The summed E-state index contributed by atoms with van der Waals surface area (Å²) in [6, 6.07) is 0. The van der Waals surface area contributed by atoms with E-state index in [1.54, 1.807) is 20.8 Å². The number of rotatable bonds is 6. The fraction of sp³-hybridized carbons (Fsp3) is 0.833. The molecular formula is C18H30O4. The van der Waals surface area contributed by atoms with Crippen LogP contribution in [0.2, 0.25) is 0 Å². The van der Waals surface area contributed by atoms with Crippen molar-refractivity contribution in [1.29, 1.82) is 0 Å². The summed E-state index contributed by atoms with van der Waals surface area (Å²) in [6.45, 7) is 9.81. The van der Waals surface area contributed by atoms with Gasteiger partial charge < -0.3 is 14.6 Å². The second kappa shape index (κ2) is 5.97. The smallest absolute Gasteiger partial charge is 0.315 e. The molecule has 126 valence electrons. The van der Waals surface area contributed by atoms with Gasteiger partial charge in [-0.2, -0.15) is 0 Å². The van der Waals surface area contributed by atoms with Gasteiger partial charge in [0.05, 0.1) is 29.3 Å². The zero-order valence-electron chi connectivity index (χ0n) is 14.6. The van der Waals surface area contributed by atoms with Crippen LogP contribution in [0.15, 0.2) is 11.6 Å². The predicted octanol–water partition coefficient (Wildman–Crippen LogP) is 3.37. The van der Waals surface area contributed by atoms with E-state index in [0.29, 0.717) is 25.6 Å². The molecule has 1 saturated heterocycles. The van der Waals surface area contributed by atoms with E-state index in [1.165, 1.54) is 5.57 Å². The Labute approximate surface area is 133 Å². The molecule has 22 heavy (non-hydrogen) atoms. The number of ether oxygens (including phenoxy) is 2. The van der Waals surface area contributed by atoms with Gasteiger partial charge in [0.25, 0.3) is 0 Å². The van der Waals surface area contributed by atoms with Gasteiger partial charge in [-0.1, -0.05) is 11.6 Å². The van der Waals surface area contributed by atoms with Gasteiger partial charge in [0.1, 0.15) is 0 Å². The van der Waals surface area contributed by atoms with Gasteiger partial charge in [0.15, 0.2) is 0 Å². The average Bonchev–Trinajstić information content (AvgIpc) is 3.03. The van der Waals surface area contributed by atoms with Crippen LogP contribution >= 0.6 is 0 Å². The van der Waals surface area contributed by atoms with Crippen LogP contribution in [0.3, 0.4) is 0 Å².